The van der Waals surface area contributed by atoms with Gasteiger partial charge in [-0.15, -0.1) is 0 Å². The summed E-state index contributed by atoms with van der Waals surface area (Å²) in [5.74, 6) is 0.289. The summed E-state index contributed by atoms with van der Waals surface area (Å²) in [4.78, 5) is 7.66. The van der Waals surface area contributed by atoms with Gasteiger partial charge < -0.3 is 10.6 Å². The summed E-state index contributed by atoms with van der Waals surface area (Å²) in [6, 6.07) is 25.9. The molecule has 2 N–H and O–H groups in total. The monoisotopic (exact) mass is 431 g/mol. The average molecular weight is 432 g/mol. The van der Waals surface area contributed by atoms with Crippen LogP contribution in [-0.4, -0.2) is 11.3 Å². The summed E-state index contributed by atoms with van der Waals surface area (Å²) >= 11 is 0. The van der Waals surface area contributed by atoms with Crippen LogP contribution in [-0.2, 0) is 5.41 Å². The van der Waals surface area contributed by atoms with Crippen molar-refractivity contribution in [3.05, 3.63) is 119 Å². The number of benzene rings is 3. The van der Waals surface area contributed by atoms with E-state index in [1.807, 2.05) is 6.92 Å². The first-order chi connectivity index (χ1) is 15.8. The molecule has 0 spiro atoms. The van der Waals surface area contributed by atoms with Crippen molar-refractivity contribution in [2.45, 2.75) is 44.6 Å². The van der Waals surface area contributed by atoms with E-state index in [-0.39, 0.29) is 16.9 Å². The second kappa shape index (κ2) is 6.48. The summed E-state index contributed by atoms with van der Waals surface area (Å²) in [6.45, 7) is 13.1. The van der Waals surface area contributed by atoms with Gasteiger partial charge >= 0.3 is 0 Å². The van der Waals surface area contributed by atoms with Gasteiger partial charge in [-0.1, -0.05) is 81.1 Å². The average Bonchev–Trinajstić information content (AvgIpc) is 3.36. The molecule has 1 fully saturated rings. The van der Waals surface area contributed by atoms with Crippen LogP contribution in [0.25, 0.3) is 0 Å². The highest BCUT2D eigenvalue weighted by Crippen LogP contribution is 2.62. The molecule has 2 unspecified atom stereocenters. The van der Waals surface area contributed by atoms with Crippen LogP contribution in [0.5, 0.6) is 0 Å². The number of fused-ring (bicyclic) bond motifs is 5. The number of rotatable bonds is 2. The van der Waals surface area contributed by atoms with E-state index in [0.717, 1.165) is 34.0 Å². The van der Waals surface area contributed by atoms with Crippen molar-refractivity contribution in [1.82, 2.24) is 0 Å². The van der Waals surface area contributed by atoms with Gasteiger partial charge in [0.15, 0.2) is 0 Å². The van der Waals surface area contributed by atoms with Crippen LogP contribution in [0.3, 0.4) is 0 Å². The highest BCUT2D eigenvalue weighted by Gasteiger charge is 2.59. The number of hydrogen-bond acceptors (Lipinski definition) is 3. The Hall–Kier alpha value is -3.59. The van der Waals surface area contributed by atoms with E-state index in [1.165, 1.54) is 22.3 Å². The first-order valence-electron chi connectivity index (χ1n) is 11.6. The van der Waals surface area contributed by atoms with E-state index in [1.54, 1.807) is 0 Å². The lowest BCUT2D eigenvalue weighted by Gasteiger charge is -2.43. The minimum atomic E-state index is -0.265. The fraction of sp³-hybridized carbons (Fsp3) is 0.233. The van der Waals surface area contributed by atoms with Gasteiger partial charge in [0, 0.05) is 22.6 Å². The van der Waals surface area contributed by atoms with Crippen molar-refractivity contribution < 1.29 is 0 Å². The first kappa shape index (κ1) is 20.0. The van der Waals surface area contributed by atoms with Crippen molar-refractivity contribution in [3.63, 3.8) is 0 Å². The Labute approximate surface area is 196 Å². The summed E-state index contributed by atoms with van der Waals surface area (Å²) in [7, 11) is 0. The Morgan fingerprint density at radius 2 is 1.42 bits per heavy atom. The van der Waals surface area contributed by atoms with Gasteiger partial charge in [0.05, 0.1) is 28.3 Å². The third-order valence-corrected chi connectivity index (χ3v) is 7.81. The van der Waals surface area contributed by atoms with Crippen LogP contribution in [0.15, 0.2) is 101 Å². The van der Waals surface area contributed by atoms with Gasteiger partial charge in [0.25, 0.3) is 0 Å². The molecular formula is C30H29N3. The molecule has 6 rings (SSSR count). The zero-order chi connectivity index (χ0) is 23.1. The molecule has 3 nitrogen and oxygen atoms in total. The Morgan fingerprint density at radius 3 is 2.03 bits per heavy atom. The molecule has 3 heteroatoms. The van der Waals surface area contributed by atoms with E-state index in [2.05, 4.69) is 105 Å². The Balaban J connectivity index is 1.66. The van der Waals surface area contributed by atoms with Gasteiger partial charge in [0.2, 0.25) is 0 Å². The molecule has 0 bridgehead atoms. The lowest BCUT2D eigenvalue weighted by molar-refractivity contribution is 0.630. The van der Waals surface area contributed by atoms with Gasteiger partial charge in [-0.25, -0.2) is 0 Å². The number of nitrogens with zero attached hydrogens (tertiary/aromatic N) is 2. The van der Waals surface area contributed by atoms with Crippen molar-refractivity contribution in [3.8, 4) is 0 Å². The maximum Gasteiger partial charge on any atom is 0.0918 e. The molecule has 164 valence electrons. The van der Waals surface area contributed by atoms with Gasteiger partial charge in [0.1, 0.15) is 0 Å². The van der Waals surface area contributed by atoms with Crippen molar-refractivity contribution in [1.29, 1.82) is 0 Å². The lowest BCUT2D eigenvalue weighted by Crippen LogP contribution is -2.37. The van der Waals surface area contributed by atoms with E-state index in [9.17, 15) is 0 Å². The predicted octanol–water partition coefficient (Wildman–Crippen LogP) is 6.57. The summed E-state index contributed by atoms with van der Waals surface area (Å²) in [5.41, 5.74) is 17.5. The van der Waals surface area contributed by atoms with Crippen LogP contribution >= 0.6 is 0 Å². The zero-order valence-electron chi connectivity index (χ0n) is 19.7. The normalized spacial score (nSPS) is 24.6. The quantitative estimate of drug-likeness (QED) is 0.466. The van der Waals surface area contributed by atoms with Crippen LogP contribution in [0.2, 0.25) is 0 Å². The highest BCUT2D eigenvalue weighted by atomic mass is 15.2. The van der Waals surface area contributed by atoms with Crippen molar-refractivity contribution in [2.24, 2.45) is 10.7 Å². The molecule has 0 aromatic heterocycles. The fourth-order valence-electron chi connectivity index (χ4n) is 5.94. The van der Waals surface area contributed by atoms with Crippen LogP contribution in [0.1, 0.15) is 55.9 Å². The number of anilines is 2. The molecule has 2 heterocycles. The largest absolute Gasteiger partial charge is 0.401 e. The van der Waals surface area contributed by atoms with Gasteiger partial charge in [-0.2, -0.15) is 0 Å². The number of allylic oxidation sites excluding steroid dienone is 2. The van der Waals surface area contributed by atoms with Crippen LogP contribution in [0, 0.1) is 0 Å². The summed E-state index contributed by atoms with van der Waals surface area (Å²) in [6.07, 6.45) is 0. The molecule has 0 amide bonds. The van der Waals surface area contributed by atoms with Crippen LogP contribution in [0.4, 0.5) is 11.4 Å². The van der Waals surface area contributed by atoms with Crippen molar-refractivity contribution >= 4 is 17.1 Å². The molecule has 0 saturated heterocycles. The molecule has 3 aromatic carbocycles. The molecule has 3 aliphatic rings. The van der Waals surface area contributed by atoms with E-state index in [0.29, 0.717) is 0 Å². The summed E-state index contributed by atoms with van der Waals surface area (Å²) < 4.78 is 0. The molecule has 3 aromatic rings. The maximum absolute atomic E-state index is 6.71. The van der Waals surface area contributed by atoms with E-state index < -0.39 is 0 Å². The lowest BCUT2D eigenvalue weighted by atomic mass is 9.73. The summed E-state index contributed by atoms with van der Waals surface area (Å²) in [5, 5.41) is 0. The molecule has 1 saturated carbocycles. The number of para-hydroxylation sites is 2. The smallest absolute Gasteiger partial charge is 0.0918 e. The number of hydrogen-bond donors (Lipinski definition) is 1. The number of nitrogens with two attached hydrogens (primary N) is 1. The number of aliphatic imine (C=N–C) groups is 1. The Bertz CT molecular complexity index is 1350. The van der Waals surface area contributed by atoms with Crippen molar-refractivity contribution in [2.75, 3.05) is 4.90 Å². The standard InChI is InChI=1S/C30H29N3/c1-18-26-20-12-6-7-13-21(20)27(32-30(18,26)5)28(19(2)31)33-24-16-10-8-14-22(24)29(3,4)23-15-9-11-17-25(23)33/h6-17,26H,1,31H2,2-5H3/b28-19+. The topological polar surface area (TPSA) is 41.6 Å². The SMILES string of the molecule is C=C1C2c3ccccc3C(/C(=C(/C)N)N3c4ccccc4C(C)(C)c4ccccc43)=NC12C. The molecule has 2 atom stereocenters. The predicted molar refractivity (Wildman–Crippen MR) is 137 cm³/mol. The minimum Gasteiger partial charge on any atom is -0.401 e. The van der Waals surface area contributed by atoms with E-state index in [4.69, 9.17) is 10.7 Å². The fourth-order valence-corrected chi connectivity index (χ4v) is 5.94. The Kier molecular flexibility index (Phi) is 3.93. The molecule has 2 aliphatic heterocycles. The highest BCUT2D eigenvalue weighted by molar-refractivity contribution is 6.19. The van der Waals surface area contributed by atoms with Gasteiger partial charge in [-0.05, 0) is 48.2 Å². The zero-order valence-corrected chi connectivity index (χ0v) is 19.7. The van der Waals surface area contributed by atoms with Gasteiger partial charge in [-0.3, -0.25) is 4.99 Å². The molecule has 33 heavy (non-hydrogen) atoms. The Morgan fingerprint density at radius 1 is 0.879 bits per heavy atom. The molecule has 0 radical (unpaired) electrons. The van der Waals surface area contributed by atoms with E-state index >= 15 is 0 Å². The first-order valence-corrected chi connectivity index (χ1v) is 11.6. The third kappa shape index (κ3) is 2.54. The second-order valence-corrected chi connectivity index (χ2v) is 10.2. The molecular weight excluding hydrogens is 402 g/mol. The van der Waals surface area contributed by atoms with Crippen LogP contribution < -0.4 is 10.6 Å². The maximum atomic E-state index is 6.71. The third-order valence-electron chi connectivity index (χ3n) is 7.81. The minimum absolute atomic E-state index is 0.120. The second-order valence-electron chi connectivity index (χ2n) is 10.2. The molecule has 1 aliphatic carbocycles.